The molecule has 0 aliphatic carbocycles. The van der Waals surface area contributed by atoms with Gasteiger partial charge in [-0.25, -0.2) is 4.79 Å². The molecule has 18 heavy (non-hydrogen) atoms. The number of nitrogens with one attached hydrogen (secondary N) is 1. The minimum Gasteiger partial charge on any atom is -0.460 e. The second kappa shape index (κ2) is 7.58. The number of para-hydroxylation sites is 2. The molecule has 0 spiro atoms. The average Bonchev–Trinajstić information content (AvgIpc) is 2.38. The van der Waals surface area contributed by atoms with Crippen molar-refractivity contribution in [2.24, 2.45) is 0 Å². The minimum atomic E-state index is -0.652. The number of rotatable bonds is 6. The number of amides is 1. The number of carbonyl (C=O) groups excluding carboxylic acids is 1. The maximum absolute atomic E-state index is 11.3. The summed E-state index contributed by atoms with van der Waals surface area (Å²) in [5.41, 5.74) is 0. The van der Waals surface area contributed by atoms with Crippen molar-refractivity contribution in [1.82, 2.24) is 5.32 Å². The zero-order chi connectivity index (χ0) is 13.4. The third-order valence-electron chi connectivity index (χ3n) is 1.92. The SMILES string of the molecule is C=CNC(=O)Oc1ccccc1OC(CCl)OC. The lowest BCUT2D eigenvalue weighted by molar-refractivity contribution is -0.0366. The van der Waals surface area contributed by atoms with Crippen LogP contribution in [0.25, 0.3) is 0 Å². The first-order valence-electron chi connectivity index (χ1n) is 5.15. The molecule has 1 aromatic rings. The number of ether oxygens (including phenoxy) is 3. The van der Waals surface area contributed by atoms with E-state index >= 15 is 0 Å². The number of carbonyl (C=O) groups is 1. The lowest BCUT2D eigenvalue weighted by atomic mass is 10.3. The molecule has 0 aromatic heterocycles. The molecule has 0 aliphatic rings. The summed E-state index contributed by atoms with van der Waals surface area (Å²) in [5.74, 6) is 0.789. The summed E-state index contributed by atoms with van der Waals surface area (Å²) in [6, 6.07) is 6.70. The van der Waals surface area contributed by atoms with Gasteiger partial charge in [0, 0.05) is 7.11 Å². The molecule has 5 nitrogen and oxygen atoms in total. The highest BCUT2D eigenvalue weighted by molar-refractivity contribution is 6.18. The molecule has 6 heteroatoms. The van der Waals surface area contributed by atoms with E-state index in [-0.39, 0.29) is 11.6 Å². The Morgan fingerprint density at radius 2 is 2.17 bits per heavy atom. The third-order valence-corrected chi connectivity index (χ3v) is 2.17. The number of alkyl halides is 1. The molecule has 0 heterocycles. The van der Waals surface area contributed by atoms with Crippen molar-refractivity contribution in [2.45, 2.75) is 6.29 Å². The summed E-state index contributed by atoms with van der Waals surface area (Å²) in [5, 5.41) is 2.29. The van der Waals surface area contributed by atoms with E-state index in [1.54, 1.807) is 24.3 Å². The van der Waals surface area contributed by atoms with Crippen molar-refractivity contribution in [3.05, 3.63) is 37.0 Å². The van der Waals surface area contributed by atoms with E-state index in [1.807, 2.05) is 0 Å². The van der Waals surface area contributed by atoms with Crippen molar-refractivity contribution >= 4 is 17.7 Å². The first-order valence-corrected chi connectivity index (χ1v) is 5.68. The van der Waals surface area contributed by atoms with Crippen LogP contribution in [0.3, 0.4) is 0 Å². The Morgan fingerprint density at radius 1 is 1.50 bits per heavy atom. The van der Waals surface area contributed by atoms with Crippen molar-refractivity contribution in [2.75, 3.05) is 13.0 Å². The van der Waals surface area contributed by atoms with Crippen molar-refractivity contribution in [1.29, 1.82) is 0 Å². The second-order valence-corrected chi connectivity index (χ2v) is 3.43. The zero-order valence-electron chi connectivity index (χ0n) is 9.89. The smallest absolute Gasteiger partial charge is 0.416 e. The van der Waals surface area contributed by atoms with E-state index < -0.39 is 12.4 Å². The van der Waals surface area contributed by atoms with Gasteiger partial charge in [-0.3, -0.25) is 5.32 Å². The first-order chi connectivity index (χ1) is 8.71. The predicted octanol–water partition coefficient (Wildman–Crippen LogP) is 2.51. The Balaban J connectivity index is 2.78. The largest absolute Gasteiger partial charge is 0.460 e. The van der Waals surface area contributed by atoms with Gasteiger partial charge in [0.05, 0.1) is 5.88 Å². The van der Waals surface area contributed by atoms with Crippen molar-refractivity contribution in [3.63, 3.8) is 0 Å². The Labute approximate surface area is 110 Å². The molecule has 1 amide bonds. The van der Waals surface area contributed by atoms with Crippen molar-refractivity contribution in [3.8, 4) is 11.5 Å². The molecule has 1 unspecified atom stereocenters. The van der Waals surface area contributed by atoms with Gasteiger partial charge in [0.2, 0.25) is 6.29 Å². The van der Waals surface area contributed by atoms with E-state index in [0.717, 1.165) is 0 Å². The highest BCUT2D eigenvalue weighted by atomic mass is 35.5. The van der Waals surface area contributed by atoms with E-state index in [2.05, 4.69) is 11.9 Å². The monoisotopic (exact) mass is 271 g/mol. The van der Waals surface area contributed by atoms with Gasteiger partial charge in [-0.15, -0.1) is 11.6 Å². The van der Waals surface area contributed by atoms with Gasteiger partial charge in [0.1, 0.15) is 0 Å². The topological polar surface area (TPSA) is 56.8 Å². The average molecular weight is 272 g/mol. The van der Waals surface area contributed by atoms with Crippen LogP contribution in [-0.2, 0) is 4.74 Å². The van der Waals surface area contributed by atoms with Crippen LogP contribution >= 0.6 is 11.6 Å². The van der Waals surface area contributed by atoms with Gasteiger partial charge >= 0.3 is 6.09 Å². The molecule has 0 radical (unpaired) electrons. The maximum atomic E-state index is 11.3. The summed E-state index contributed by atoms with van der Waals surface area (Å²) < 4.78 is 15.5. The van der Waals surface area contributed by atoms with E-state index in [0.29, 0.717) is 5.75 Å². The van der Waals surface area contributed by atoms with Crippen LogP contribution in [-0.4, -0.2) is 25.4 Å². The molecule has 98 valence electrons. The van der Waals surface area contributed by atoms with Gasteiger partial charge in [-0.1, -0.05) is 18.7 Å². The van der Waals surface area contributed by atoms with Crippen LogP contribution < -0.4 is 14.8 Å². The summed E-state index contributed by atoms with van der Waals surface area (Å²) in [6.07, 6.45) is -0.0394. The molecule has 0 saturated carbocycles. The molecule has 0 saturated heterocycles. The van der Waals surface area contributed by atoms with E-state index in [1.165, 1.54) is 13.3 Å². The Morgan fingerprint density at radius 3 is 2.72 bits per heavy atom. The molecule has 0 aliphatic heterocycles. The number of halogens is 1. The normalized spacial score (nSPS) is 11.4. The number of hydrogen-bond donors (Lipinski definition) is 1. The van der Waals surface area contributed by atoms with Crippen LogP contribution in [0.5, 0.6) is 11.5 Å². The molecule has 0 bridgehead atoms. The Bertz CT molecular complexity index is 407. The van der Waals surface area contributed by atoms with Crippen LogP contribution in [0.15, 0.2) is 37.0 Å². The van der Waals surface area contributed by atoms with Crippen molar-refractivity contribution < 1.29 is 19.0 Å². The van der Waals surface area contributed by atoms with Crippen LogP contribution in [0.4, 0.5) is 4.79 Å². The van der Waals surface area contributed by atoms with Crippen LogP contribution in [0, 0.1) is 0 Å². The molecule has 0 fully saturated rings. The van der Waals surface area contributed by atoms with Gasteiger partial charge < -0.3 is 14.2 Å². The molecule has 1 rings (SSSR count). The fourth-order valence-corrected chi connectivity index (χ4v) is 1.32. The molecule has 1 aromatic carbocycles. The fourth-order valence-electron chi connectivity index (χ4n) is 1.13. The number of benzene rings is 1. The molecule has 1 N–H and O–H groups in total. The van der Waals surface area contributed by atoms with Gasteiger partial charge in [-0.2, -0.15) is 0 Å². The quantitative estimate of drug-likeness (QED) is 0.638. The van der Waals surface area contributed by atoms with E-state index in [9.17, 15) is 4.79 Å². The van der Waals surface area contributed by atoms with Gasteiger partial charge in [0.25, 0.3) is 0 Å². The summed E-state index contributed by atoms with van der Waals surface area (Å²) in [4.78, 5) is 11.3. The summed E-state index contributed by atoms with van der Waals surface area (Å²) >= 11 is 5.64. The number of hydrogen-bond acceptors (Lipinski definition) is 4. The van der Waals surface area contributed by atoms with Crippen LogP contribution in [0.1, 0.15) is 0 Å². The highest BCUT2D eigenvalue weighted by Crippen LogP contribution is 2.27. The first kappa shape index (κ1) is 14.3. The Hall–Kier alpha value is -1.72. The Kier molecular flexibility index (Phi) is 6.04. The summed E-state index contributed by atoms with van der Waals surface area (Å²) in [7, 11) is 1.47. The lowest BCUT2D eigenvalue weighted by Gasteiger charge is -2.16. The third kappa shape index (κ3) is 4.27. The standard InChI is InChI=1S/C12H14ClNO4/c1-3-14-12(15)18-10-7-5-4-6-9(10)17-11(8-13)16-2/h3-7,11H,1,8H2,2H3,(H,14,15). The fraction of sp³-hybridized carbons (Fsp3) is 0.250. The van der Waals surface area contributed by atoms with E-state index in [4.69, 9.17) is 25.8 Å². The second-order valence-electron chi connectivity index (χ2n) is 3.12. The van der Waals surface area contributed by atoms with Gasteiger partial charge in [-0.05, 0) is 18.3 Å². The highest BCUT2D eigenvalue weighted by Gasteiger charge is 2.13. The van der Waals surface area contributed by atoms with Crippen LogP contribution in [0.2, 0.25) is 0 Å². The predicted molar refractivity (Wildman–Crippen MR) is 67.9 cm³/mol. The maximum Gasteiger partial charge on any atom is 0.416 e. The van der Waals surface area contributed by atoms with Gasteiger partial charge in [0.15, 0.2) is 11.5 Å². The zero-order valence-corrected chi connectivity index (χ0v) is 10.6. The lowest BCUT2D eigenvalue weighted by Crippen LogP contribution is -2.23. The summed E-state index contributed by atoms with van der Waals surface area (Å²) in [6.45, 7) is 3.36. The molecular formula is C12H14ClNO4. The molecule has 1 atom stereocenters. The molecular weight excluding hydrogens is 258 g/mol. The number of methoxy groups -OCH3 is 1. The minimum absolute atomic E-state index is 0.156.